The summed E-state index contributed by atoms with van der Waals surface area (Å²) in [4.78, 5) is 11.9. The van der Waals surface area contributed by atoms with Crippen LogP contribution in [0.2, 0.25) is 0 Å². The lowest BCUT2D eigenvalue weighted by Gasteiger charge is -2.22. The quantitative estimate of drug-likeness (QED) is 0.843. The molecular weight excluding hydrogens is 214 g/mol. The lowest BCUT2D eigenvalue weighted by atomic mass is 9.91. The molecule has 0 aromatic carbocycles. The lowest BCUT2D eigenvalue weighted by Crippen LogP contribution is -2.38. The van der Waals surface area contributed by atoms with Crippen LogP contribution < -0.4 is 5.73 Å². The predicted molar refractivity (Wildman–Crippen MR) is 66.5 cm³/mol. The van der Waals surface area contributed by atoms with E-state index in [1.54, 1.807) is 6.20 Å². The molecule has 0 radical (unpaired) electrons. The fraction of sp³-hybridized carbons (Fsp3) is 0.692. The van der Waals surface area contributed by atoms with Gasteiger partial charge < -0.3 is 5.73 Å². The topological polar surface area (TPSA) is 60.9 Å². The number of carbonyl (C=O) groups is 1. The van der Waals surface area contributed by atoms with Gasteiger partial charge in [0.15, 0.2) is 0 Å². The van der Waals surface area contributed by atoms with Crippen molar-refractivity contribution in [2.75, 3.05) is 0 Å². The summed E-state index contributed by atoms with van der Waals surface area (Å²) in [5.41, 5.74) is 7.10. The van der Waals surface area contributed by atoms with Crippen LogP contribution in [0.25, 0.3) is 0 Å². The molecule has 0 amide bonds. The summed E-state index contributed by atoms with van der Waals surface area (Å²) in [5.74, 6) is 0.288. The summed E-state index contributed by atoms with van der Waals surface area (Å²) in [6, 6.07) is 1.96. The Labute approximate surface area is 102 Å². The first-order valence-electron chi connectivity index (χ1n) is 6.37. The van der Waals surface area contributed by atoms with Crippen LogP contribution in [0.4, 0.5) is 0 Å². The molecule has 4 heteroatoms. The van der Waals surface area contributed by atoms with Gasteiger partial charge in [-0.1, -0.05) is 12.8 Å². The van der Waals surface area contributed by atoms with Gasteiger partial charge in [-0.2, -0.15) is 5.10 Å². The van der Waals surface area contributed by atoms with E-state index < -0.39 is 0 Å². The normalized spacial score (nSPS) is 18.5. The molecule has 0 atom stereocenters. The van der Waals surface area contributed by atoms with Crippen molar-refractivity contribution >= 4 is 5.78 Å². The van der Waals surface area contributed by atoms with Crippen molar-refractivity contribution in [1.82, 2.24) is 9.78 Å². The van der Waals surface area contributed by atoms with Gasteiger partial charge in [0.05, 0.1) is 0 Å². The monoisotopic (exact) mass is 235 g/mol. The van der Waals surface area contributed by atoms with Gasteiger partial charge in [0.2, 0.25) is 0 Å². The second-order valence-electron chi connectivity index (χ2n) is 5.23. The molecule has 2 N–H and O–H groups in total. The molecule has 2 rings (SSSR count). The summed E-state index contributed by atoms with van der Waals surface area (Å²) in [6.07, 6.45) is 8.02. The Balaban J connectivity index is 1.80. The third-order valence-electron chi connectivity index (χ3n) is 3.73. The zero-order valence-electron chi connectivity index (χ0n) is 10.5. The number of aryl methyl sites for hydroxylation is 2. The van der Waals surface area contributed by atoms with Crippen LogP contribution >= 0.6 is 0 Å². The summed E-state index contributed by atoms with van der Waals surface area (Å²) >= 11 is 0. The van der Waals surface area contributed by atoms with E-state index in [9.17, 15) is 4.79 Å². The van der Waals surface area contributed by atoms with E-state index in [4.69, 9.17) is 5.73 Å². The Morgan fingerprint density at radius 1 is 1.53 bits per heavy atom. The van der Waals surface area contributed by atoms with Crippen molar-refractivity contribution in [3.8, 4) is 0 Å². The van der Waals surface area contributed by atoms with Crippen LogP contribution in [-0.2, 0) is 18.3 Å². The van der Waals surface area contributed by atoms with Crippen LogP contribution in [0.15, 0.2) is 12.3 Å². The highest BCUT2D eigenvalue weighted by molar-refractivity contribution is 5.79. The third-order valence-corrected chi connectivity index (χ3v) is 3.73. The van der Waals surface area contributed by atoms with E-state index >= 15 is 0 Å². The van der Waals surface area contributed by atoms with Crippen LogP contribution in [-0.4, -0.2) is 21.1 Å². The second kappa shape index (κ2) is 5.00. The van der Waals surface area contributed by atoms with Crippen molar-refractivity contribution in [2.45, 2.75) is 50.5 Å². The van der Waals surface area contributed by atoms with Gasteiger partial charge in [-0.15, -0.1) is 0 Å². The van der Waals surface area contributed by atoms with Crippen molar-refractivity contribution in [2.24, 2.45) is 12.8 Å². The molecule has 1 aromatic rings. The van der Waals surface area contributed by atoms with Crippen molar-refractivity contribution in [1.29, 1.82) is 0 Å². The van der Waals surface area contributed by atoms with Crippen LogP contribution in [0.5, 0.6) is 0 Å². The van der Waals surface area contributed by atoms with Crippen molar-refractivity contribution in [3.63, 3.8) is 0 Å². The number of hydrogen-bond acceptors (Lipinski definition) is 3. The first kappa shape index (κ1) is 12.3. The average molecular weight is 235 g/mol. The molecule has 0 unspecified atom stereocenters. The summed E-state index contributed by atoms with van der Waals surface area (Å²) in [6.45, 7) is 0. The maximum Gasteiger partial charge on any atom is 0.135 e. The van der Waals surface area contributed by atoms with E-state index in [0.29, 0.717) is 12.8 Å². The molecule has 17 heavy (non-hydrogen) atoms. The zero-order chi connectivity index (χ0) is 12.3. The molecule has 0 bridgehead atoms. The number of rotatable bonds is 5. The van der Waals surface area contributed by atoms with Crippen LogP contribution in [0.1, 0.15) is 44.2 Å². The number of carbonyl (C=O) groups excluding carboxylic acids is 1. The highest BCUT2D eigenvalue weighted by Crippen LogP contribution is 2.30. The molecule has 1 saturated carbocycles. The van der Waals surface area contributed by atoms with E-state index in [-0.39, 0.29) is 11.3 Å². The molecule has 0 spiro atoms. The van der Waals surface area contributed by atoms with Crippen molar-refractivity contribution < 1.29 is 4.79 Å². The van der Waals surface area contributed by atoms with E-state index in [2.05, 4.69) is 5.10 Å². The van der Waals surface area contributed by atoms with Crippen LogP contribution in [0, 0.1) is 0 Å². The van der Waals surface area contributed by atoms with Gasteiger partial charge in [0, 0.05) is 37.3 Å². The van der Waals surface area contributed by atoms with Gasteiger partial charge in [-0.25, -0.2) is 0 Å². The van der Waals surface area contributed by atoms with Gasteiger partial charge in [0.25, 0.3) is 0 Å². The van der Waals surface area contributed by atoms with Gasteiger partial charge in [-0.05, 0) is 25.3 Å². The van der Waals surface area contributed by atoms with Gasteiger partial charge in [-0.3, -0.25) is 9.48 Å². The first-order chi connectivity index (χ1) is 8.09. The molecule has 1 heterocycles. The number of nitrogens with two attached hydrogens (primary N) is 1. The molecule has 94 valence electrons. The minimum atomic E-state index is -0.205. The molecule has 0 aliphatic heterocycles. The Hall–Kier alpha value is -1.16. The Morgan fingerprint density at radius 2 is 2.24 bits per heavy atom. The predicted octanol–water partition coefficient (Wildman–Crippen LogP) is 1.58. The standard InChI is InChI=1S/C13H21N3O/c1-16-11(6-9-15-16)4-5-12(17)10-13(14)7-2-3-8-13/h6,9H,2-5,7-8,10,14H2,1H3. The number of Topliss-reactive ketones (excluding diaryl/α,β-unsaturated/α-hetero) is 1. The Bertz CT molecular complexity index is 391. The van der Waals surface area contributed by atoms with E-state index in [0.717, 1.165) is 25.0 Å². The molecule has 1 aliphatic rings. The molecule has 1 fully saturated rings. The Kier molecular flexibility index (Phi) is 3.62. The smallest absolute Gasteiger partial charge is 0.135 e. The first-order valence-corrected chi connectivity index (χ1v) is 6.37. The van der Waals surface area contributed by atoms with Crippen molar-refractivity contribution in [3.05, 3.63) is 18.0 Å². The highest BCUT2D eigenvalue weighted by atomic mass is 16.1. The van der Waals surface area contributed by atoms with Gasteiger partial charge in [0.1, 0.15) is 5.78 Å². The summed E-state index contributed by atoms with van der Waals surface area (Å²) in [5, 5.41) is 4.09. The number of aromatic nitrogens is 2. The molecule has 1 aliphatic carbocycles. The minimum absolute atomic E-state index is 0.205. The molecule has 1 aromatic heterocycles. The number of ketones is 1. The van der Waals surface area contributed by atoms with E-state index in [1.807, 2.05) is 17.8 Å². The fourth-order valence-electron chi connectivity index (χ4n) is 2.65. The van der Waals surface area contributed by atoms with E-state index in [1.165, 1.54) is 12.8 Å². The largest absolute Gasteiger partial charge is 0.325 e. The minimum Gasteiger partial charge on any atom is -0.325 e. The SMILES string of the molecule is Cn1nccc1CCC(=O)CC1(N)CCCC1. The summed E-state index contributed by atoms with van der Waals surface area (Å²) in [7, 11) is 1.90. The molecular formula is C13H21N3O. The number of nitrogens with zero attached hydrogens (tertiary/aromatic N) is 2. The number of hydrogen-bond donors (Lipinski definition) is 1. The highest BCUT2D eigenvalue weighted by Gasteiger charge is 2.31. The van der Waals surface area contributed by atoms with Crippen LogP contribution in [0.3, 0.4) is 0 Å². The maximum atomic E-state index is 11.9. The Morgan fingerprint density at radius 3 is 2.82 bits per heavy atom. The summed E-state index contributed by atoms with van der Waals surface area (Å²) < 4.78 is 1.82. The molecule has 4 nitrogen and oxygen atoms in total. The lowest BCUT2D eigenvalue weighted by molar-refractivity contribution is -0.120. The van der Waals surface area contributed by atoms with Gasteiger partial charge >= 0.3 is 0 Å². The second-order valence-corrected chi connectivity index (χ2v) is 5.23. The zero-order valence-corrected chi connectivity index (χ0v) is 10.5. The molecule has 0 saturated heterocycles. The average Bonchev–Trinajstić information content (AvgIpc) is 2.85. The maximum absolute atomic E-state index is 11.9. The fourth-order valence-corrected chi connectivity index (χ4v) is 2.65. The third kappa shape index (κ3) is 3.16.